The molecule has 0 aliphatic heterocycles. The molecule has 0 radical (unpaired) electrons. The van der Waals surface area contributed by atoms with Crippen LogP contribution in [-0.4, -0.2) is 25.8 Å². The summed E-state index contributed by atoms with van der Waals surface area (Å²) in [5.74, 6) is 1.57. The number of amides is 1. The van der Waals surface area contributed by atoms with Crippen molar-refractivity contribution in [3.8, 4) is 17.2 Å². The molecule has 0 saturated heterocycles. The van der Waals surface area contributed by atoms with E-state index in [4.69, 9.17) is 14.2 Å². The van der Waals surface area contributed by atoms with Crippen molar-refractivity contribution in [2.75, 3.05) is 13.7 Å². The van der Waals surface area contributed by atoms with Crippen molar-refractivity contribution >= 4 is 12.1 Å². The van der Waals surface area contributed by atoms with Crippen LogP contribution in [0.3, 0.4) is 0 Å². The molecule has 3 aromatic carbocycles. The molecule has 3 rings (SSSR count). The number of nitrogens with one attached hydrogen (secondary N) is 1. The van der Waals surface area contributed by atoms with Crippen molar-refractivity contribution in [1.82, 2.24) is 5.43 Å². The molecule has 3 aromatic rings. The highest BCUT2D eigenvalue weighted by atomic mass is 16.5. The van der Waals surface area contributed by atoms with E-state index in [-0.39, 0.29) is 12.5 Å². The van der Waals surface area contributed by atoms with Gasteiger partial charge in [0.25, 0.3) is 5.91 Å². The van der Waals surface area contributed by atoms with Gasteiger partial charge in [0.1, 0.15) is 12.4 Å². The van der Waals surface area contributed by atoms with Crippen LogP contribution in [-0.2, 0) is 11.4 Å². The van der Waals surface area contributed by atoms with Gasteiger partial charge in [-0.2, -0.15) is 5.10 Å². The second-order valence-electron chi connectivity index (χ2n) is 6.96. The van der Waals surface area contributed by atoms with E-state index in [1.807, 2.05) is 74.5 Å². The van der Waals surface area contributed by atoms with E-state index in [9.17, 15) is 4.79 Å². The van der Waals surface area contributed by atoms with Crippen molar-refractivity contribution in [2.24, 2.45) is 5.10 Å². The minimum absolute atomic E-state index is 0.114. The van der Waals surface area contributed by atoms with E-state index in [1.165, 1.54) is 0 Å². The molecule has 160 valence electrons. The van der Waals surface area contributed by atoms with Gasteiger partial charge in [-0.15, -0.1) is 0 Å². The van der Waals surface area contributed by atoms with Gasteiger partial charge in [0.15, 0.2) is 18.1 Å². The molecule has 0 aromatic heterocycles. The molecule has 0 saturated carbocycles. The van der Waals surface area contributed by atoms with Gasteiger partial charge in [-0.05, 0) is 60.4 Å². The minimum atomic E-state index is -0.341. The van der Waals surface area contributed by atoms with Crippen molar-refractivity contribution in [2.45, 2.75) is 20.5 Å². The lowest BCUT2D eigenvalue weighted by atomic mass is 10.1. The summed E-state index contributed by atoms with van der Waals surface area (Å²) in [5.41, 5.74) is 6.43. The first-order chi connectivity index (χ1) is 15.1. The number of hydrazone groups is 1. The fraction of sp³-hybridized carbons (Fsp3) is 0.200. The lowest BCUT2D eigenvalue weighted by molar-refractivity contribution is -0.123. The summed E-state index contributed by atoms with van der Waals surface area (Å²) >= 11 is 0. The van der Waals surface area contributed by atoms with Crippen LogP contribution in [0.5, 0.6) is 17.2 Å². The first-order valence-electron chi connectivity index (χ1n) is 9.92. The fourth-order valence-electron chi connectivity index (χ4n) is 2.85. The van der Waals surface area contributed by atoms with Gasteiger partial charge >= 0.3 is 0 Å². The Hall–Kier alpha value is -3.80. The molecule has 0 heterocycles. The van der Waals surface area contributed by atoms with Crippen LogP contribution < -0.4 is 19.6 Å². The molecular weight excluding hydrogens is 392 g/mol. The summed E-state index contributed by atoms with van der Waals surface area (Å²) in [6, 6.07) is 21.1. The second-order valence-corrected chi connectivity index (χ2v) is 6.96. The lowest BCUT2D eigenvalue weighted by Gasteiger charge is -2.11. The highest BCUT2D eigenvalue weighted by Gasteiger charge is 2.07. The van der Waals surface area contributed by atoms with Crippen LogP contribution in [0, 0.1) is 13.8 Å². The van der Waals surface area contributed by atoms with Gasteiger partial charge in [0, 0.05) is 0 Å². The molecule has 0 aliphatic rings. The maximum Gasteiger partial charge on any atom is 0.277 e. The molecular formula is C25H26N2O4. The van der Waals surface area contributed by atoms with Crippen molar-refractivity contribution < 1.29 is 19.0 Å². The summed E-state index contributed by atoms with van der Waals surface area (Å²) in [4.78, 5) is 12.0. The SMILES string of the molecule is COc1cc(/C=N\NC(=O)COc2cccc(C)c2C)ccc1OCc1ccccc1. The number of nitrogens with zero attached hydrogens (tertiary/aromatic N) is 1. The van der Waals surface area contributed by atoms with E-state index in [1.54, 1.807) is 19.4 Å². The van der Waals surface area contributed by atoms with Crippen molar-refractivity contribution in [3.05, 3.63) is 89.0 Å². The normalized spacial score (nSPS) is 10.7. The summed E-state index contributed by atoms with van der Waals surface area (Å²) in [6.45, 7) is 4.29. The summed E-state index contributed by atoms with van der Waals surface area (Å²) < 4.78 is 16.8. The van der Waals surface area contributed by atoms with E-state index in [0.717, 1.165) is 22.3 Å². The Bertz CT molecular complexity index is 1050. The van der Waals surface area contributed by atoms with E-state index in [2.05, 4.69) is 10.5 Å². The van der Waals surface area contributed by atoms with E-state index in [0.29, 0.717) is 23.9 Å². The van der Waals surface area contributed by atoms with E-state index >= 15 is 0 Å². The van der Waals surface area contributed by atoms with Crippen LogP contribution >= 0.6 is 0 Å². The van der Waals surface area contributed by atoms with Crippen LogP contribution in [0.25, 0.3) is 0 Å². The summed E-state index contributed by atoms with van der Waals surface area (Å²) in [7, 11) is 1.58. The third-order valence-electron chi connectivity index (χ3n) is 4.74. The third kappa shape index (κ3) is 6.34. The molecule has 0 spiro atoms. The topological polar surface area (TPSA) is 69.2 Å². The van der Waals surface area contributed by atoms with Crippen molar-refractivity contribution in [3.63, 3.8) is 0 Å². The highest BCUT2D eigenvalue weighted by Crippen LogP contribution is 2.28. The van der Waals surface area contributed by atoms with E-state index < -0.39 is 0 Å². The zero-order valence-electron chi connectivity index (χ0n) is 17.9. The van der Waals surface area contributed by atoms with Gasteiger partial charge in [0.05, 0.1) is 13.3 Å². The van der Waals surface area contributed by atoms with Gasteiger partial charge in [-0.3, -0.25) is 4.79 Å². The molecule has 6 nitrogen and oxygen atoms in total. The Morgan fingerprint density at radius 2 is 1.74 bits per heavy atom. The summed E-state index contributed by atoms with van der Waals surface area (Å²) in [6.07, 6.45) is 1.54. The first-order valence-corrected chi connectivity index (χ1v) is 9.92. The van der Waals surface area contributed by atoms with Crippen LogP contribution in [0.2, 0.25) is 0 Å². The number of ether oxygens (including phenoxy) is 3. The summed E-state index contributed by atoms with van der Waals surface area (Å²) in [5, 5.41) is 3.99. The predicted molar refractivity (Wildman–Crippen MR) is 121 cm³/mol. The Balaban J connectivity index is 1.53. The average molecular weight is 418 g/mol. The molecule has 31 heavy (non-hydrogen) atoms. The average Bonchev–Trinajstić information content (AvgIpc) is 2.79. The van der Waals surface area contributed by atoms with Crippen LogP contribution in [0.1, 0.15) is 22.3 Å². The minimum Gasteiger partial charge on any atom is -0.493 e. The predicted octanol–water partition coefficient (Wildman–Crippen LogP) is 4.42. The number of hydrogen-bond acceptors (Lipinski definition) is 5. The molecule has 6 heteroatoms. The molecule has 0 unspecified atom stereocenters. The number of rotatable bonds is 9. The Morgan fingerprint density at radius 1 is 0.935 bits per heavy atom. The molecule has 0 fully saturated rings. The number of carbonyl (C=O) groups excluding carboxylic acids is 1. The van der Waals surface area contributed by atoms with Crippen LogP contribution in [0.4, 0.5) is 0 Å². The number of benzene rings is 3. The standard InChI is InChI=1S/C25H26N2O4/c1-18-8-7-11-22(19(18)2)31-17-25(28)27-26-15-21-12-13-23(24(14-21)29-3)30-16-20-9-5-4-6-10-20/h4-15H,16-17H2,1-3H3,(H,27,28)/b26-15-. The largest absolute Gasteiger partial charge is 0.493 e. The monoisotopic (exact) mass is 418 g/mol. The third-order valence-corrected chi connectivity index (χ3v) is 4.74. The van der Waals surface area contributed by atoms with Gasteiger partial charge in [-0.1, -0.05) is 42.5 Å². The zero-order valence-corrected chi connectivity index (χ0v) is 17.9. The first kappa shape index (κ1) is 21.9. The maximum absolute atomic E-state index is 12.0. The molecule has 1 N–H and O–H groups in total. The second kappa shape index (κ2) is 10.8. The Labute approximate surface area is 182 Å². The van der Waals surface area contributed by atoms with Gasteiger partial charge in [-0.25, -0.2) is 5.43 Å². The van der Waals surface area contributed by atoms with Crippen molar-refractivity contribution in [1.29, 1.82) is 0 Å². The van der Waals surface area contributed by atoms with Crippen LogP contribution in [0.15, 0.2) is 71.8 Å². The quantitative estimate of drug-likeness (QED) is 0.413. The smallest absolute Gasteiger partial charge is 0.277 e. The zero-order chi connectivity index (χ0) is 22.1. The Morgan fingerprint density at radius 3 is 2.52 bits per heavy atom. The molecule has 1 amide bonds. The molecule has 0 bridgehead atoms. The Kier molecular flexibility index (Phi) is 7.65. The fourth-order valence-corrected chi connectivity index (χ4v) is 2.85. The number of carbonyl (C=O) groups is 1. The van der Waals surface area contributed by atoms with Gasteiger partial charge in [0.2, 0.25) is 0 Å². The van der Waals surface area contributed by atoms with Gasteiger partial charge < -0.3 is 14.2 Å². The molecule has 0 atom stereocenters. The number of methoxy groups -OCH3 is 1. The number of hydrogen-bond donors (Lipinski definition) is 1. The lowest BCUT2D eigenvalue weighted by Crippen LogP contribution is -2.24. The highest BCUT2D eigenvalue weighted by molar-refractivity contribution is 5.83. The number of aryl methyl sites for hydroxylation is 1. The molecule has 0 aliphatic carbocycles. The maximum atomic E-state index is 12.0.